The van der Waals surface area contributed by atoms with Gasteiger partial charge in [0.25, 0.3) is 5.55 Å². The van der Waals surface area contributed by atoms with Gasteiger partial charge < -0.3 is 4.52 Å². The summed E-state index contributed by atoms with van der Waals surface area (Å²) in [6.07, 6.45) is 0. The largest absolute Gasteiger partial charge is 0.352 e. The number of rotatable bonds is 1. The Morgan fingerprint density at radius 2 is 1.77 bits per heavy atom. The van der Waals surface area contributed by atoms with E-state index in [0.717, 1.165) is 16.5 Å². The number of nitriles is 1. The van der Waals surface area contributed by atoms with Crippen molar-refractivity contribution in [2.45, 2.75) is 0 Å². The van der Waals surface area contributed by atoms with Crippen molar-refractivity contribution >= 4 is 16.4 Å². The average molecular weight is 286 g/mol. The van der Waals surface area contributed by atoms with E-state index in [-0.39, 0.29) is 11.1 Å². The first-order chi connectivity index (χ1) is 10.8. The fraction of sp³-hybridized carbons (Fsp3) is 0. The lowest BCUT2D eigenvalue weighted by molar-refractivity contribution is 0.337. The van der Waals surface area contributed by atoms with Gasteiger partial charge in [-0.1, -0.05) is 48.5 Å². The molecule has 0 aliphatic carbocycles. The molecule has 2 heterocycles. The van der Waals surface area contributed by atoms with Crippen LogP contribution in [-0.4, -0.2) is 9.56 Å². The van der Waals surface area contributed by atoms with Crippen LogP contribution in [0, 0.1) is 16.7 Å². The Kier molecular flexibility index (Phi) is 2.57. The molecule has 0 amide bonds. The van der Waals surface area contributed by atoms with E-state index in [4.69, 9.17) is 9.93 Å². The van der Waals surface area contributed by atoms with E-state index in [2.05, 4.69) is 11.1 Å². The van der Waals surface area contributed by atoms with Gasteiger partial charge in [0, 0.05) is 10.9 Å². The molecule has 0 fully saturated rings. The van der Waals surface area contributed by atoms with Crippen molar-refractivity contribution < 1.29 is 4.52 Å². The zero-order chi connectivity index (χ0) is 15.1. The Hall–Kier alpha value is -3.39. The van der Waals surface area contributed by atoms with Crippen molar-refractivity contribution in [1.29, 1.82) is 10.7 Å². The van der Waals surface area contributed by atoms with E-state index in [9.17, 15) is 5.26 Å². The lowest BCUT2D eigenvalue weighted by Gasteiger charge is -2.06. The minimum absolute atomic E-state index is 0.155. The van der Waals surface area contributed by atoms with Crippen LogP contribution in [0.2, 0.25) is 0 Å². The second-order valence-electron chi connectivity index (χ2n) is 4.87. The van der Waals surface area contributed by atoms with Gasteiger partial charge in [-0.05, 0) is 6.07 Å². The van der Waals surface area contributed by atoms with E-state index in [0.29, 0.717) is 11.3 Å². The van der Waals surface area contributed by atoms with Crippen LogP contribution in [0.1, 0.15) is 5.56 Å². The first kappa shape index (κ1) is 12.4. The molecule has 2 aromatic carbocycles. The van der Waals surface area contributed by atoms with Crippen molar-refractivity contribution in [1.82, 2.24) is 9.56 Å². The van der Waals surface area contributed by atoms with E-state index in [1.165, 1.54) is 4.57 Å². The fourth-order valence-corrected chi connectivity index (χ4v) is 2.59. The van der Waals surface area contributed by atoms with E-state index in [1.807, 2.05) is 54.6 Å². The van der Waals surface area contributed by atoms with Gasteiger partial charge in [-0.2, -0.15) is 9.84 Å². The van der Waals surface area contributed by atoms with Crippen LogP contribution in [0.5, 0.6) is 0 Å². The van der Waals surface area contributed by atoms with E-state index in [1.54, 1.807) is 0 Å². The quantitative estimate of drug-likeness (QED) is 0.584. The van der Waals surface area contributed by atoms with Gasteiger partial charge in [-0.25, -0.2) is 4.98 Å². The van der Waals surface area contributed by atoms with Crippen molar-refractivity contribution in [3.05, 3.63) is 65.7 Å². The number of hydrogen-bond acceptors (Lipinski definition) is 4. The van der Waals surface area contributed by atoms with Crippen molar-refractivity contribution in [2.75, 3.05) is 0 Å². The zero-order valence-electron chi connectivity index (χ0n) is 11.4. The average Bonchev–Trinajstić information content (AvgIpc) is 2.91. The van der Waals surface area contributed by atoms with Gasteiger partial charge in [-0.3, -0.25) is 5.41 Å². The summed E-state index contributed by atoms with van der Waals surface area (Å²) < 4.78 is 6.95. The van der Waals surface area contributed by atoms with Crippen LogP contribution in [0.3, 0.4) is 0 Å². The van der Waals surface area contributed by atoms with Crippen LogP contribution in [0.25, 0.3) is 27.8 Å². The lowest BCUT2D eigenvalue weighted by Crippen LogP contribution is -1.97. The summed E-state index contributed by atoms with van der Waals surface area (Å²) in [5.74, 6) is 0.573. The number of nitrogens with one attached hydrogen (secondary N) is 1. The molecule has 0 radical (unpaired) electrons. The predicted molar refractivity (Wildman–Crippen MR) is 81.0 cm³/mol. The van der Waals surface area contributed by atoms with Gasteiger partial charge in [0.05, 0.1) is 5.52 Å². The van der Waals surface area contributed by atoms with Crippen molar-refractivity contribution in [3.63, 3.8) is 0 Å². The van der Waals surface area contributed by atoms with Crippen molar-refractivity contribution in [2.24, 2.45) is 0 Å². The predicted octanol–water partition coefficient (Wildman–Crippen LogP) is 3.10. The standard InChI is InChI=1S/C17H10N4O/c18-10-13-15-12-8-4-5-9-14(12)20-17(21(15)22-16(13)19)11-6-2-1-3-7-11/h1-9,19H. The Morgan fingerprint density at radius 3 is 2.55 bits per heavy atom. The number of aromatic nitrogens is 2. The molecule has 5 nitrogen and oxygen atoms in total. The van der Waals surface area contributed by atoms with Gasteiger partial charge >= 0.3 is 0 Å². The van der Waals surface area contributed by atoms with E-state index >= 15 is 0 Å². The lowest BCUT2D eigenvalue weighted by atomic mass is 10.1. The molecule has 0 atom stereocenters. The molecule has 0 spiro atoms. The second-order valence-corrected chi connectivity index (χ2v) is 4.87. The molecule has 4 aromatic rings. The fourth-order valence-electron chi connectivity index (χ4n) is 2.59. The molecule has 4 rings (SSSR count). The van der Waals surface area contributed by atoms with Crippen LogP contribution >= 0.6 is 0 Å². The Balaban J connectivity index is 2.27. The monoisotopic (exact) mass is 286 g/mol. The summed E-state index contributed by atoms with van der Waals surface area (Å²) >= 11 is 0. The molecule has 104 valence electrons. The molecule has 0 saturated carbocycles. The molecule has 22 heavy (non-hydrogen) atoms. The van der Waals surface area contributed by atoms with Crippen LogP contribution in [0.4, 0.5) is 0 Å². The highest BCUT2D eigenvalue weighted by Gasteiger charge is 2.17. The van der Waals surface area contributed by atoms with E-state index < -0.39 is 0 Å². The summed E-state index contributed by atoms with van der Waals surface area (Å²) in [6, 6.07) is 19.2. The van der Waals surface area contributed by atoms with Crippen LogP contribution in [-0.2, 0) is 0 Å². The summed E-state index contributed by atoms with van der Waals surface area (Å²) in [5, 5.41) is 18.1. The first-order valence-corrected chi connectivity index (χ1v) is 6.74. The Morgan fingerprint density at radius 1 is 1.05 bits per heavy atom. The smallest absolute Gasteiger partial charge is 0.259 e. The number of nitrogens with zero attached hydrogens (tertiary/aromatic N) is 3. The Labute approximate surface area is 125 Å². The minimum Gasteiger partial charge on any atom is -0.352 e. The molecular formula is C17H10N4O. The van der Waals surface area contributed by atoms with Gasteiger partial charge in [-0.15, -0.1) is 0 Å². The van der Waals surface area contributed by atoms with Crippen molar-refractivity contribution in [3.8, 4) is 17.5 Å². The SMILES string of the molecule is N#Cc1c(=N)on2c(-c3ccccc3)nc3ccccc3c12. The van der Waals surface area contributed by atoms with Gasteiger partial charge in [0.2, 0.25) is 0 Å². The molecule has 5 heteroatoms. The maximum atomic E-state index is 9.36. The highest BCUT2D eigenvalue weighted by molar-refractivity contribution is 5.97. The molecular weight excluding hydrogens is 276 g/mol. The second kappa shape index (κ2) is 4.57. The maximum Gasteiger partial charge on any atom is 0.259 e. The minimum atomic E-state index is -0.155. The number of fused-ring (bicyclic) bond motifs is 3. The van der Waals surface area contributed by atoms with Crippen LogP contribution < -0.4 is 5.55 Å². The topological polar surface area (TPSA) is 78.1 Å². The maximum absolute atomic E-state index is 9.36. The first-order valence-electron chi connectivity index (χ1n) is 6.74. The normalized spacial score (nSPS) is 10.9. The molecule has 0 unspecified atom stereocenters. The van der Waals surface area contributed by atoms with Crippen LogP contribution in [0.15, 0.2) is 59.1 Å². The van der Waals surface area contributed by atoms with Gasteiger partial charge in [0.1, 0.15) is 17.1 Å². The molecule has 0 aliphatic rings. The third-order valence-corrected chi connectivity index (χ3v) is 3.57. The highest BCUT2D eigenvalue weighted by atomic mass is 16.5. The summed E-state index contributed by atoms with van der Waals surface area (Å²) in [7, 11) is 0. The summed E-state index contributed by atoms with van der Waals surface area (Å²) in [4.78, 5) is 4.64. The molecule has 0 aliphatic heterocycles. The summed E-state index contributed by atoms with van der Waals surface area (Å²) in [6.45, 7) is 0. The zero-order valence-corrected chi connectivity index (χ0v) is 11.4. The van der Waals surface area contributed by atoms with Gasteiger partial charge in [0.15, 0.2) is 5.82 Å². The molecule has 1 N–H and O–H groups in total. The molecule has 0 saturated heterocycles. The highest BCUT2D eigenvalue weighted by Crippen LogP contribution is 2.26. The molecule has 0 bridgehead atoms. The molecule has 2 aromatic heterocycles. The number of benzene rings is 2. The third-order valence-electron chi connectivity index (χ3n) is 3.57. The number of para-hydroxylation sites is 1. The number of hydrogen-bond donors (Lipinski definition) is 1. The third kappa shape index (κ3) is 1.64. The Bertz CT molecular complexity index is 1100. The summed E-state index contributed by atoms with van der Waals surface area (Å²) in [5.41, 5.74) is 2.27.